The van der Waals surface area contributed by atoms with Crippen LogP contribution < -0.4 is 4.74 Å². The third kappa shape index (κ3) is 4.35. The Morgan fingerprint density at radius 2 is 1.90 bits per heavy atom. The zero-order valence-electron chi connectivity index (χ0n) is 12.7. The summed E-state index contributed by atoms with van der Waals surface area (Å²) in [6.07, 6.45) is -4.40. The van der Waals surface area contributed by atoms with E-state index < -0.39 is 11.7 Å². The molecule has 1 rings (SSSR count). The standard InChI is InChI=1S/C15H22F3NO2/c1-5-21-13-7-6-11(15(16,17)18)8-12(13)14(19(3)4)10(2)9-20/h6-8,10,14,20H,5,9H2,1-4H3. The van der Waals surface area contributed by atoms with Gasteiger partial charge in [-0.15, -0.1) is 0 Å². The molecule has 0 radical (unpaired) electrons. The molecule has 0 saturated carbocycles. The predicted molar refractivity (Wildman–Crippen MR) is 75.3 cm³/mol. The zero-order chi connectivity index (χ0) is 16.2. The first-order valence-electron chi connectivity index (χ1n) is 6.83. The summed E-state index contributed by atoms with van der Waals surface area (Å²) in [6, 6.07) is 3.12. The van der Waals surface area contributed by atoms with Crippen LogP contribution in [0.5, 0.6) is 5.75 Å². The molecule has 1 aromatic rings. The van der Waals surface area contributed by atoms with Crippen LogP contribution >= 0.6 is 0 Å². The smallest absolute Gasteiger partial charge is 0.416 e. The molecule has 0 fully saturated rings. The number of halogens is 3. The molecule has 6 heteroatoms. The third-order valence-corrected chi connectivity index (χ3v) is 3.34. The zero-order valence-corrected chi connectivity index (χ0v) is 12.7. The van der Waals surface area contributed by atoms with Crippen molar-refractivity contribution in [2.24, 2.45) is 5.92 Å². The van der Waals surface area contributed by atoms with Crippen molar-refractivity contribution >= 4 is 0 Å². The highest BCUT2D eigenvalue weighted by Crippen LogP contribution is 2.38. The first-order chi connectivity index (χ1) is 9.72. The van der Waals surface area contributed by atoms with Gasteiger partial charge in [0.25, 0.3) is 0 Å². The van der Waals surface area contributed by atoms with E-state index >= 15 is 0 Å². The number of nitrogens with zero attached hydrogens (tertiary/aromatic N) is 1. The van der Waals surface area contributed by atoms with E-state index in [1.165, 1.54) is 6.07 Å². The number of aliphatic hydroxyl groups excluding tert-OH is 1. The van der Waals surface area contributed by atoms with Gasteiger partial charge in [-0.3, -0.25) is 0 Å². The normalized spacial score (nSPS) is 15.1. The number of hydrogen-bond acceptors (Lipinski definition) is 3. The van der Waals surface area contributed by atoms with E-state index in [1.807, 2.05) is 0 Å². The van der Waals surface area contributed by atoms with Crippen LogP contribution in [0.25, 0.3) is 0 Å². The average Bonchev–Trinajstić information content (AvgIpc) is 2.39. The molecule has 21 heavy (non-hydrogen) atoms. The minimum atomic E-state index is -4.40. The Hall–Kier alpha value is -1.27. The van der Waals surface area contributed by atoms with Crippen LogP contribution in [0.2, 0.25) is 0 Å². The number of rotatable bonds is 6. The second-order valence-electron chi connectivity index (χ2n) is 5.25. The Morgan fingerprint density at radius 3 is 2.33 bits per heavy atom. The van der Waals surface area contributed by atoms with Gasteiger partial charge >= 0.3 is 6.18 Å². The lowest BCUT2D eigenvalue weighted by Crippen LogP contribution is -2.28. The molecule has 1 aromatic carbocycles. The fourth-order valence-corrected chi connectivity index (χ4v) is 2.44. The SMILES string of the molecule is CCOc1ccc(C(F)(F)F)cc1C(C(C)CO)N(C)C. The maximum absolute atomic E-state index is 12.9. The van der Waals surface area contributed by atoms with E-state index in [0.29, 0.717) is 17.9 Å². The Morgan fingerprint density at radius 1 is 1.29 bits per heavy atom. The molecular formula is C15H22F3NO2. The molecule has 1 N–H and O–H groups in total. The fraction of sp³-hybridized carbons (Fsp3) is 0.600. The molecular weight excluding hydrogens is 283 g/mol. The molecule has 0 amide bonds. The van der Waals surface area contributed by atoms with Gasteiger partial charge in [0.15, 0.2) is 0 Å². The number of hydrogen-bond donors (Lipinski definition) is 1. The molecule has 0 spiro atoms. The second-order valence-corrected chi connectivity index (χ2v) is 5.25. The van der Waals surface area contributed by atoms with Crippen molar-refractivity contribution in [3.63, 3.8) is 0 Å². The van der Waals surface area contributed by atoms with Gasteiger partial charge in [0.1, 0.15) is 5.75 Å². The molecule has 0 saturated heterocycles. The Balaban J connectivity index is 3.39. The molecule has 0 aromatic heterocycles. The van der Waals surface area contributed by atoms with Crippen LogP contribution in [0.15, 0.2) is 18.2 Å². The van der Waals surface area contributed by atoms with E-state index in [1.54, 1.807) is 32.8 Å². The lowest BCUT2D eigenvalue weighted by molar-refractivity contribution is -0.137. The lowest BCUT2D eigenvalue weighted by atomic mass is 9.92. The molecule has 0 bridgehead atoms. The van der Waals surface area contributed by atoms with Gasteiger partial charge < -0.3 is 14.7 Å². The first kappa shape index (κ1) is 17.8. The molecule has 0 aliphatic carbocycles. The summed E-state index contributed by atoms with van der Waals surface area (Å²) in [4.78, 5) is 1.79. The molecule has 3 nitrogen and oxygen atoms in total. The maximum atomic E-state index is 12.9. The van der Waals surface area contributed by atoms with Crippen LogP contribution in [0.1, 0.15) is 31.0 Å². The Kier molecular flexibility index (Phi) is 6.04. The second kappa shape index (κ2) is 7.13. The minimum absolute atomic E-state index is 0.120. The van der Waals surface area contributed by atoms with Gasteiger partial charge in [0.2, 0.25) is 0 Å². The van der Waals surface area contributed by atoms with E-state index in [2.05, 4.69) is 0 Å². The van der Waals surface area contributed by atoms with Crippen molar-refractivity contribution in [1.29, 1.82) is 0 Å². The van der Waals surface area contributed by atoms with Crippen molar-refractivity contribution in [3.05, 3.63) is 29.3 Å². The van der Waals surface area contributed by atoms with E-state index in [0.717, 1.165) is 12.1 Å². The predicted octanol–water partition coefficient (Wildman–Crippen LogP) is 3.34. The molecule has 0 aliphatic rings. The van der Waals surface area contributed by atoms with Gasteiger partial charge in [-0.05, 0) is 45.1 Å². The van der Waals surface area contributed by atoms with Crippen molar-refractivity contribution in [2.45, 2.75) is 26.1 Å². The number of ether oxygens (including phenoxy) is 1. The number of benzene rings is 1. The van der Waals surface area contributed by atoms with Crippen LogP contribution in [-0.4, -0.2) is 37.3 Å². The van der Waals surface area contributed by atoms with E-state index in [9.17, 15) is 18.3 Å². The van der Waals surface area contributed by atoms with E-state index in [-0.39, 0.29) is 18.6 Å². The number of alkyl halides is 3. The van der Waals surface area contributed by atoms with Crippen molar-refractivity contribution in [3.8, 4) is 5.75 Å². The topological polar surface area (TPSA) is 32.7 Å². The Bertz CT molecular complexity index is 461. The number of aliphatic hydroxyl groups is 1. The minimum Gasteiger partial charge on any atom is -0.494 e. The summed E-state index contributed by atoms with van der Waals surface area (Å²) in [5.74, 6) is 0.201. The maximum Gasteiger partial charge on any atom is 0.416 e. The van der Waals surface area contributed by atoms with E-state index in [4.69, 9.17) is 4.74 Å². The van der Waals surface area contributed by atoms with Gasteiger partial charge in [-0.2, -0.15) is 13.2 Å². The van der Waals surface area contributed by atoms with Gasteiger partial charge in [-0.25, -0.2) is 0 Å². The molecule has 2 unspecified atom stereocenters. The summed E-state index contributed by atoms with van der Waals surface area (Å²) in [6.45, 7) is 3.82. The summed E-state index contributed by atoms with van der Waals surface area (Å²) >= 11 is 0. The van der Waals surface area contributed by atoms with Gasteiger partial charge in [-0.1, -0.05) is 6.92 Å². The molecule has 2 atom stereocenters. The summed E-state index contributed by atoms with van der Waals surface area (Å²) in [7, 11) is 3.54. The van der Waals surface area contributed by atoms with Crippen molar-refractivity contribution in [1.82, 2.24) is 4.90 Å². The summed E-state index contributed by atoms with van der Waals surface area (Å²) in [5.41, 5.74) is -0.267. The third-order valence-electron chi connectivity index (χ3n) is 3.34. The lowest BCUT2D eigenvalue weighted by Gasteiger charge is -2.31. The molecule has 120 valence electrons. The first-order valence-corrected chi connectivity index (χ1v) is 6.83. The Labute approximate surface area is 123 Å². The van der Waals surface area contributed by atoms with Crippen LogP contribution in [-0.2, 0) is 6.18 Å². The van der Waals surface area contributed by atoms with Crippen LogP contribution in [0.4, 0.5) is 13.2 Å². The highest BCUT2D eigenvalue weighted by molar-refractivity contribution is 5.41. The van der Waals surface area contributed by atoms with Crippen molar-refractivity contribution < 1.29 is 23.0 Å². The highest BCUT2D eigenvalue weighted by atomic mass is 19.4. The average molecular weight is 305 g/mol. The highest BCUT2D eigenvalue weighted by Gasteiger charge is 2.33. The van der Waals surface area contributed by atoms with Gasteiger partial charge in [0.05, 0.1) is 12.2 Å². The molecule has 0 aliphatic heterocycles. The fourth-order valence-electron chi connectivity index (χ4n) is 2.44. The van der Waals surface area contributed by atoms with Crippen molar-refractivity contribution in [2.75, 3.05) is 27.3 Å². The quantitative estimate of drug-likeness (QED) is 0.875. The monoisotopic (exact) mass is 305 g/mol. The largest absolute Gasteiger partial charge is 0.494 e. The summed E-state index contributed by atoms with van der Waals surface area (Å²) < 4.78 is 44.2. The van der Waals surface area contributed by atoms with Crippen LogP contribution in [0.3, 0.4) is 0 Å². The van der Waals surface area contributed by atoms with Gasteiger partial charge in [0, 0.05) is 18.2 Å². The molecule has 0 heterocycles. The summed E-state index contributed by atoms with van der Waals surface area (Å²) in [5, 5.41) is 9.38. The van der Waals surface area contributed by atoms with Crippen LogP contribution in [0, 0.1) is 5.92 Å².